The van der Waals surface area contributed by atoms with Crippen LogP contribution in [0.15, 0.2) is 0 Å². The number of aliphatic hydroxyl groups excluding tert-OH is 17. The Balaban J connectivity index is 1.19. The highest BCUT2D eigenvalue weighted by Crippen LogP contribution is 2.37. The smallest absolute Gasteiger partial charge is 0.187 e. The second-order valence-electron chi connectivity index (χ2n) is 16.9. The minimum Gasteiger partial charge on any atom is -0.394 e. The molecule has 16 saturated heterocycles. The average Bonchev–Trinajstić information content (AvgIpc) is 3.31. The molecule has 0 aromatic carbocycles. The van der Waals surface area contributed by atoms with Gasteiger partial charge in [0.05, 0.1) is 45.7 Å². The lowest BCUT2D eigenvalue weighted by molar-refractivity contribution is -0.400. The van der Waals surface area contributed by atoms with E-state index in [1.54, 1.807) is 0 Å². The molecule has 0 aromatic rings. The molecule has 12 bridgehead atoms. The third-order valence-corrected chi connectivity index (χ3v) is 12.8. The van der Waals surface area contributed by atoms with Crippen molar-refractivity contribution in [3.05, 3.63) is 0 Å². The normalized spacial score (nSPS) is 55.4. The van der Waals surface area contributed by atoms with Gasteiger partial charge in [0.25, 0.3) is 0 Å². The fraction of sp³-hybridized carbons (Fsp3) is 1.00. The summed E-state index contributed by atoms with van der Waals surface area (Å²) < 4.78 is 68.4. The first-order chi connectivity index (χ1) is 31.4. The summed E-state index contributed by atoms with van der Waals surface area (Å²) in [5.74, 6) is 0. The summed E-state index contributed by atoms with van der Waals surface area (Å²) in [6, 6.07) is -1.65. The number of hydrogen-bond acceptors (Lipinski definition) is 30. The van der Waals surface area contributed by atoms with Gasteiger partial charge in [-0.25, -0.2) is 0 Å². The molecule has 0 unspecified atom stereocenters. The van der Waals surface area contributed by atoms with Crippen LogP contribution in [-0.4, -0.2) is 311 Å². The minimum absolute atomic E-state index is 0.943. The Bertz CT molecular complexity index is 1240. The van der Waals surface area contributed by atoms with Crippen LogP contribution in [0.4, 0.5) is 0 Å². The monoisotopic (exact) mass is 971 g/mol. The quantitative estimate of drug-likeness (QED) is 0.117. The second-order valence-corrected chi connectivity index (χ2v) is 16.9. The summed E-state index contributed by atoms with van der Waals surface area (Å²) in [5.41, 5.74) is 6.26. The van der Waals surface area contributed by atoms with Crippen LogP contribution in [0.3, 0.4) is 0 Å². The number of ether oxygens (including phenoxy) is 12. The van der Waals surface area contributed by atoms with Gasteiger partial charge in [-0.2, -0.15) is 0 Å². The molecular formula is C36H61NO29. The molecule has 0 amide bonds. The number of nitrogens with two attached hydrogens (primary N) is 1. The third-order valence-electron chi connectivity index (χ3n) is 12.8. The SMILES string of the molecule is N[C@@H]1[C@@H]2O[C@H]3[C@H](O)[C@@H](O)[C@@H](O[C@H]4[C@H](O)[C@@H](O)[C@@H](O[C@H]5[C@H](O)[C@@H](O)[C@@H](O[C@H]6[C@H](O)[C@@H](O)[C@@H](O[C@H]7[C@H](O)[C@@H](O)[C@@H](O[C@@H]([C@@H]1O)[C@@H](CO)O2)O[C@@H]7CO)O[C@@H]6CO)O[C@@H]5CO)O[C@@H]4CO)O[C@@H]3CO. The lowest BCUT2D eigenvalue weighted by Crippen LogP contribution is -2.69. The molecule has 30 heteroatoms. The molecule has 30 atom stereocenters. The van der Waals surface area contributed by atoms with Crippen molar-refractivity contribution in [1.29, 1.82) is 0 Å². The Morgan fingerprint density at radius 3 is 0.591 bits per heavy atom. The standard InChI is InChI=1S/C36H61NO29/c37-13-14(44)25-7(1-38)55-31(13)61-26-8(2-39)56-33(20(50)15(26)45)63-28-10(4-41)58-35(22(52)17(28)47)65-30-12(6-43)60-36(24(54)19(30)49)66-29-11(5-42)59-34(23(53)18(29)48)64-27-9(3-40)57-32(62-25)21(51)16(27)46/h7-36,38-54H,1-6,37H2/t7-,8-,9-,10-,11-,12-,13+,14-,15-,16-,17-,18-,19-,20-,21-,22-,23-,24-,25-,26-,27-,28-,29-,30-,31+,32-,33-,34-,35-,36-/m1/s1. The predicted molar refractivity (Wildman–Crippen MR) is 198 cm³/mol. The van der Waals surface area contributed by atoms with Gasteiger partial charge in [0.15, 0.2) is 37.7 Å². The molecule has 384 valence electrons. The molecule has 0 aliphatic carbocycles. The van der Waals surface area contributed by atoms with E-state index < -0.39 is 224 Å². The van der Waals surface area contributed by atoms with E-state index >= 15 is 0 Å². The van der Waals surface area contributed by atoms with Crippen LogP contribution >= 0.6 is 0 Å². The first-order valence-corrected chi connectivity index (χ1v) is 21.2. The highest BCUT2D eigenvalue weighted by atomic mass is 16.8. The van der Waals surface area contributed by atoms with Gasteiger partial charge in [-0.15, -0.1) is 0 Å². The largest absolute Gasteiger partial charge is 0.394 e. The summed E-state index contributed by atoms with van der Waals surface area (Å²) >= 11 is 0. The molecule has 16 aliphatic rings. The highest BCUT2D eigenvalue weighted by molar-refractivity contribution is 5.01. The topological polar surface area (TPSA) is 481 Å². The number of aliphatic hydroxyl groups is 17. The van der Waals surface area contributed by atoms with E-state index in [2.05, 4.69) is 0 Å². The van der Waals surface area contributed by atoms with Crippen molar-refractivity contribution in [2.45, 2.75) is 184 Å². The van der Waals surface area contributed by atoms with Gasteiger partial charge >= 0.3 is 0 Å². The summed E-state index contributed by atoms with van der Waals surface area (Å²) in [7, 11) is 0. The van der Waals surface area contributed by atoms with Crippen molar-refractivity contribution in [3.8, 4) is 0 Å². The van der Waals surface area contributed by atoms with Crippen molar-refractivity contribution >= 4 is 0 Å². The molecule has 16 heterocycles. The lowest BCUT2D eigenvalue weighted by atomic mass is 9.94. The lowest BCUT2D eigenvalue weighted by Gasteiger charge is -2.50. The summed E-state index contributed by atoms with van der Waals surface area (Å²) in [6.07, 6.45) is -55.1. The zero-order chi connectivity index (χ0) is 48.0. The predicted octanol–water partition coefficient (Wildman–Crippen LogP) is -13.1. The van der Waals surface area contributed by atoms with E-state index in [1.165, 1.54) is 0 Å². The fourth-order valence-corrected chi connectivity index (χ4v) is 8.97. The van der Waals surface area contributed by atoms with Crippen molar-refractivity contribution in [1.82, 2.24) is 0 Å². The van der Waals surface area contributed by atoms with Gasteiger partial charge in [-0.1, -0.05) is 0 Å². The van der Waals surface area contributed by atoms with E-state index in [1.807, 2.05) is 0 Å². The Kier molecular flexibility index (Phi) is 17.6. The third kappa shape index (κ3) is 10.0. The highest BCUT2D eigenvalue weighted by Gasteiger charge is 2.58. The maximum atomic E-state index is 11.3. The van der Waals surface area contributed by atoms with Crippen molar-refractivity contribution < 1.29 is 144 Å². The maximum absolute atomic E-state index is 11.3. The van der Waals surface area contributed by atoms with Crippen molar-refractivity contribution in [3.63, 3.8) is 0 Å². The van der Waals surface area contributed by atoms with Crippen molar-refractivity contribution in [2.24, 2.45) is 5.73 Å². The van der Waals surface area contributed by atoms with Crippen LogP contribution in [0.2, 0.25) is 0 Å². The molecule has 0 radical (unpaired) electrons. The van der Waals surface area contributed by atoms with Gasteiger partial charge in [-0.05, 0) is 0 Å². The molecule has 0 spiro atoms. The fourth-order valence-electron chi connectivity index (χ4n) is 8.97. The molecule has 16 rings (SSSR count). The van der Waals surface area contributed by atoms with Crippen LogP contribution in [0, 0.1) is 0 Å². The maximum Gasteiger partial charge on any atom is 0.187 e. The average molecular weight is 972 g/mol. The van der Waals surface area contributed by atoms with Crippen LogP contribution in [-0.2, 0) is 56.8 Å². The molecule has 0 aromatic heterocycles. The Morgan fingerprint density at radius 2 is 0.394 bits per heavy atom. The van der Waals surface area contributed by atoms with Gasteiger partial charge in [-0.3, -0.25) is 0 Å². The minimum atomic E-state index is -2.14. The van der Waals surface area contributed by atoms with E-state index in [4.69, 9.17) is 62.6 Å². The summed E-state index contributed by atoms with van der Waals surface area (Å²) in [4.78, 5) is 0. The molecular weight excluding hydrogens is 910 g/mol. The summed E-state index contributed by atoms with van der Waals surface area (Å²) in [6.45, 7) is -5.84. The van der Waals surface area contributed by atoms with Crippen LogP contribution in [0.25, 0.3) is 0 Å². The van der Waals surface area contributed by atoms with Crippen LogP contribution < -0.4 is 5.73 Å². The zero-order valence-corrected chi connectivity index (χ0v) is 34.6. The van der Waals surface area contributed by atoms with Gasteiger partial charge in [0, 0.05) is 0 Å². The first-order valence-electron chi connectivity index (χ1n) is 21.2. The molecule has 66 heavy (non-hydrogen) atoms. The number of hydrogen-bond donors (Lipinski definition) is 18. The molecule has 0 saturated carbocycles. The Hall–Kier alpha value is -1.20. The number of rotatable bonds is 6. The molecule has 16 fully saturated rings. The van der Waals surface area contributed by atoms with Crippen molar-refractivity contribution in [2.75, 3.05) is 39.6 Å². The molecule has 30 nitrogen and oxygen atoms in total. The second kappa shape index (κ2) is 22.1. The Labute approximate surface area is 373 Å². The molecule has 19 N–H and O–H groups in total. The van der Waals surface area contributed by atoms with E-state index in [-0.39, 0.29) is 0 Å². The van der Waals surface area contributed by atoms with E-state index in [9.17, 15) is 86.8 Å². The van der Waals surface area contributed by atoms with Crippen LogP contribution in [0.1, 0.15) is 0 Å². The van der Waals surface area contributed by atoms with Crippen LogP contribution in [0.5, 0.6) is 0 Å². The first kappa shape index (κ1) is 52.6. The van der Waals surface area contributed by atoms with E-state index in [0.29, 0.717) is 0 Å². The summed E-state index contributed by atoms with van der Waals surface area (Å²) in [5, 5.41) is 185. The zero-order valence-electron chi connectivity index (χ0n) is 34.6. The Morgan fingerprint density at radius 1 is 0.227 bits per heavy atom. The van der Waals surface area contributed by atoms with Gasteiger partial charge < -0.3 is 149 Å². The molecule has 16 aliphatic heterocycles. The van der Waals surface area contributed by atoms with E-state index in [0.717, 1.165) is 0 Å². The van der Waals surface area contributed by atoms with Gasteiger partial charge in [0.2, 0.25) is 0 Å². The van der Waals surface area contributed by atoms with Gasteiger partial charge in [0.1, 0.15) is 140 Å².